The van der Waals surface area contributed by atoms with E-state index >= 15 is 0 Å². The molecule has 0 radical (unpaired) electrons. The van der Waals surface area contributed by atoms with Gasteiger partial charge in [-0.05, 0) is 48.7 Å². The van der Waals surface area contributed by atoms with E-state index in [4.69, 9.17) is 18.9 Å². The molecule has 0 aliphatic carbocycles. The molecule has 1 atom stereocenters. The molecular weight excluding hydrogens is 498 g/mol. The van der Waals surface area contributed by atoms with Gasteiger partial charge in [0.05, 0.1) is 25.3 Å². The minimum atomic E-state index is -0.824. The van der Waals surface area contributed by atoms with Gasteiger partial charge in [0.25, 0.3) is 11.7 Å². The third kappa shape index (κ3) is 6.23. The standard InChI is InChI=1S/C31H33NO7/c1-4-38-24-13-8-12-23(18-24)29(33)27-28(32(16-9-17-36-2)31(35)30(27)34)22-14-15-25(26(19-22)37-3)39-20-21-10-6-5-7-11-21/h5-8,10-15,18-19,28,33H,4,9,16-17,20H2,1-3H3/b29-27+. The van der Waals surface area contributed by atoms with Crippen LogP contribution < -0.4 is 14.2 Å². The number of carbonyl (C=O) groups is 2. The number of rotatable bonds is 12. The van der Waals surface area contributed by atoms with Crippen LogP contribution >= 0.6 is 0 Å². The Kier molecular flexibility index (Phi) is 9.22. The molecule has 1 saturated heterocycles. The van der Waals surface area contributed by atoms with E-state index in [9.17, 15) is 14.7 Å². The molecule has 8 heteroatoms. The van der Waals surface area contributed by atoms with Crippen molar-refractivity contribution in [3.63, 3.8) is 0 Å². The molecule has 1 N–H and O–H groups in total. The highest BCUT2D eigenvalue weighted by atomic mass is 16.5. The summed E-state index contributed by atoms with van der Waals surface area (Å²) in [4.78, 5) is 28.0. The number of methoxy groups -OCH3 is 2. The molecule has 204 valence electrons. The maximum atomic E-state index is 13.3. The van der Waals surface area contributed by atoms with Crippen LogP contribution in [0.5, 0.6) is 17.2 Å². The lowest BCUT2D eigenvalue weighted by Crippen LogP contribution is -2.31. The second-order valence-electron chi connectivity index (χ2n) is 8.98. The first-order valence-corrected chi connectivity index (χ1v) is 12.8. The summed E-state index contributed by atoms with van der Waals surface area (Å²) in [5.74, 6) is -0.177. The number of aliphatic hydroxyl groups is 1. The van der Waals surface area contributed by atoms with Crippen LogP contribution in [0.4, 0.5) is 0 Å². The first kappa shape index (κ1) is 27.7. The monoisotopic (exact) mass is 531 g/mol. The van der Waals surface area contributed by atoms with E-state index in [1.165, 1.54) is 12.0 Å². The molecule has 0 aromatic heterocycles. The number of Topliss-reactive ketones (excluding diaryl/α,β-unsaturated/α-hetero) is 1. The number of hydrogen-bond donors (Lipinski definition) is 1. The number of carbonyl (C=O) groups excluding carboxylic acids is 2. The third-order valence-corrected chi connectivity index (χ3v) is 6.45. The average Bonchev–Trinajstić information content (AvgIpc) is 3.21. The largest absolute Gasteiger partial charge is 0.507 e. The van der Waals surface area contributed by atoms with Gasteiger partial charge in [0.1, 0.15) is 18.1 Å². The van der Waals surface area contributed by atoms with Crippen LogP contribution in [0.1, 0.15) is 36.1 Å². The van der Waals surface area contributed by atoms with Crippen molar-refractivity contribution in [3.8, 4) is 17.2 Å². The number of benzene rings is 3. The van der Waals surface area contributed by atoms with Crippen molar-refractivity contribution < 1.29 is 33.6 Å². The number of nitrogens with zero attached hydrogens (tertiary/aromatic N) is 1. The Hall–Kier alpha value is -4.30. The van der Waals surface area contributed by atoms with Gasteiger partial charge >= 0.3 is 0 Å². The Morgan fingerprint density at radius 2 is 1.72 bits per heavy atom. The number of hydrogen-bond acceptors (Lipinski definition) is 7. The summed E-state index contributed by atoms with van der Waals surface area (Å²) in [5.41, 5.74) is 2.00. The quantitative estimate of drug-likeness (QED) is 0.150. The molecule has 1 amide bonds. The molecule has 0 bridgehead atoms. The molecule has 39 heavy (non-hydrogen) atoms. The average molecular weight is 532 g/mol. The molecule has 1 unspecified atom stereocenters. The number of ether oxygens (including phenoxy) is 4. The SMILES string of the molecule is CCOc1cccc(/C(O)=C2\C(=O)C(=O)N(CCCOC)C2c2ccc(OCc3ccccc3)c(OC)c2)c1. The maximum absolute atomic E-state index is 13.3. The van der Waals surface area contributed by atoms with Crippen molar-refractivity contribution in [2.75, 3.05) is 34.0 Å². The molecule has 0 saturated carbocycles. The molecule has 1 aliphatic heterocycles. The number of amides is 1. The third-order valence-electron chi connectivity index (χ3n) is 6.45. The fourth-order valence-electron chi connectivity index (χ4n) is 4.60. The summed E-state index contributed by atoms with van der Waals surface area (Å²) >= 11 is 0. The number of ketones is 1. The molecule has 8 nitrogen and oxygen atoms in total. The second-order valence-corrected chi connectivity index (χ2v) is 8.98. The second kappa shape index (κ2) is 13.0. The van der Waals surface area contributed by atoms with Gasteiger partial charge < -0.3 is 29.0 Å². The topological polar surface area (TPSA) is 94.5 Å². The van der Waals surface area contributed by atoms with Crippen molar-refractivity contribution in [1.82, 2.24) is 4.90 Å². The maximum Gasteiger partial charge on any atom is 0.295 e. The van der Waals surface area contributed by atoms with Crippen LogP contribution in [-0.4, -0.2) is 55.7 Å². The molecule has 1 heterocycles. The minimum absolute atomic E-state index is 0.00562. The van der Waals surface area contributed by atoms with E-state index in [0.717, 1.165) is 5.56 Å². The van der Waals surface area contributed by atoms with Crippen molar-refractivity contribution >= 4 is 17.4 Å². The smallest absolute Gasteiger partial charge is 0.295 e. The zero-order chi connectivity index (χ0) is 27.8. The highest BCUT2D eigenvalue weighted by Gasteiger charge is 2.46. The lowest BCUT2D eigenvalue weighted by molar-refractivity contribution is -0.140. The number of likely N-dealkylation sites (tertiary alicyclic amines) is 1. The predicted octanol–water partition coefficient (Wildman–Crippen LogP) is 5.13. The highest BCUT2D eigenvalue weighted by Crippen LogP contribution is 2.42. The van der Waals surface area contributed by atoms with E-state index in [1.54, 1.807) is 49.6 Å². The highest BCUT2D eigenvalue weighted by molar-refractivity contribution is 6.46. The van der Waals surface area contributed by atoms with E-state index in [1.807, 2.05) is 37.3 Å². The van der Waals surface area contributed by atoms with Crippen LogP contribution in [0.25, 0.3) is 5.76 Å². The first-order valence-electron chi connectivity index (χ1n) is 12.8. The van der Waals surface area contributed by atoms with Crippen LogP contribution in [0, 0.1) is 0 Å². The van der Waals surface area contributed by atoms with Crippen LogP contribution in [0.3, 0.4) is 0 Å². The van der Waals surface area contributed by atoms with Crippen LogP contribution in [-0.2, 0) is 20.9 Å². The summed E-state index contributed by atoms with van der Waals surface area (Å²) in [6.07, 6.45) is 0.523. The van der Waals surface area contributed by atoms with Gasteiger partial charge in [-0.1, -0.05) is 48.5 Å². The van der Waals surface area contributed by atoms with Crippen molar-refractivity contribution in [2.45, 2.75) is 26.0 Å². The summed E-state index contributed by atoms with van der Waals surface area (Å²) in [5, 5.41) is 11.4. The zero-order valence-corrected chi connectivity index (χ0v) is 22.4. The minimum Gasteiger partial charge on any atom is -0.507 e. The molecule has 4 rings (SSSR count). The first-order chi connectivity index (χ1) is 19.0. The van der Waals surface area contributed by atoms with Gasteiger partial charge in [-0.25, -0.2) is 0 Å². The Morgan fingerprint density at radius 3 is 2.44 bits per heavy atom. The lowest BCUT2D eigenvalue weighted by atomic mass is 9.95. The Labute approximate surface area is 228 Å². The molecular formula is C31H33NO7. The Morgan fingerprint density at radius 1 is 0.923 bits per heavy atom. The molecule has 1 aliphatic rings. The molecule has 3 aromatic rings. The van der Waals surface area contributed by atoms with Crippen molar-refractivity contribution in [3.05, 3.63) is 95.1 Å². The Balaban J connectivity index is 1.75. The summed E-state index contributed by atoms with van der Waals surface area (Å²) in [6.45, 7) is 3.35. The van der Waals surface area contributed by atoms with Crippen molar-refractivity contribution in [1.29, 1.82) is 0 Å². The lowest BCUT2D eigenvalue weighted by Gasteiger charge is -2.26. The van der Waals surface area contributed by atoms with E-state index in [0.29, 0.717) is 54.6 Å². The summed E-state index contributed by atoms with van der Waals surface area (Å²) < 4.78 is 22.3. The van der Waals surface area contributed by atoms with Crippen LogP contribution in [0.2, 0.25) is 0 Å². The molecule has 3 aromatic carbocycles. The van der Waals surface area contributed by atoms with Crippen LogP contribution in [0.15, 0.2) is 78.4 Å². The van der Waals surface area contributed by atoms with Gasteiger partial charge in [-0.15, -0.1) is 0 Å². The van der Waals surface area contributed by atoms with Gasteiger partial charge in [0.15, 0.2) is 11.5 Å². The summed E-state index contributed by atoms with van der Waals surface area (Å²) in [6, 6.07) is 21.0. The van der Waals surface area contributed by atoms with Gasteiger partial charge in [0, 0.05) is 25.8 Å². The van der Waals surface area contributed by atoms with Crippen molar-refractivity contribution in [2.24, 2.45) is 0 Å². The fourth-order valence-corrected chi connectivity index (χ4v) is 4.60. The van der Waals surface area contributed by atoms with Gasteiger partial charge in [0.2, 0.25) is 0 Å². The predicted molar refractivity (Wildman–Crippen MR) is 147 cm³/mol. The Bertz CT molecular complexity index is 1340. The fraction of sp³-hybridized carbons (Fsp3) is 0.290. The summed E-state index contributed by atoms with van der Waals surface area (Å²) in [7, 11) is 3.11. The van der Waals surface area contributed by atoms with Gasteiger partial charge in [-0.3, -0.25) is 9.59 Å². The van der Waals surface area contributed by atoms with Gasteiger partial charge in [-0.2, -0.15) is 0 Å². The van der Waals surface area contributed by atoms with E-state index in [-0.39, 0.29) is 17.9 Å². The molecule has 0 spiro atoms. The number of aliphatic hydroxyl groups excluding tert-OH is 1. The zero-order valence-electron chi connectivity index (χ0n) is 22.4. The van der Waals surface area contributed by atoms with E-state index < -0.39 is 17.7 Å². The normalized spacial score (nSPS) is 16.4. The molecule has 1 fully saturated rings. The van der Waals surface area contributed by atoms with E-state index in [2.05, 4.69) is 0 Å².